The van der Waals surface area contributed by atoms with Crippen LogP contribution in [0.5, 0.6) is 23.0 Å². The molecule has 2 heterocycles. The van der Waals surface area contributed by atoms with Gasteiger partial charge in [-0.15, -0.1) is 22.7 Å². The quantitative estimate of drug-likeness (QED) is 0.175. The fourth-order valence-corrected chi connectivity index (χ4v) is 5.37. The van der Waals surface area contributed by atoms with Gasteiger partial charge in [-0.25, -0.2) is 0 Å². The largest absolute Gasteiger partial charge is 0.504 e. The number of hydrogen-bond donors (Lipinski definition) is 4. The van der Waals surface area contributed by atoms with E-state index in [2.05, 4.69) is 10.6 Å². The molecule has 40 heavy (non-hydrogen) atoms. The van der Waals surface area contributed by atoms with E-state index in [0.717, 1.165) is 20.9 Å². The summed E-state index contributed by atoms with van der Waals surface area (Å²) in [4.78, 5) is 27.0. The zero-order valence-corrected chi connectivity index (χ0v) is 24.9. The third kappa shape index (κ3) is 8.00. The molecule has 0 bridgehead atoms. The summed E-state index contributed by atoms with van der Waals surface area (Å²) in [7, 11) is 3.22. The van der Waals surface area contributed by atoms with Gasteiger partial charge in [-0.05, 0) is 99.5 Å². The minimum absolute atomic E-state index is 0.0401. The Balaban J connectivity index is 0.000000222. The van der Waals surface area contributed by atoms with Crippen molar-refractivity contribution in [1.82, 2.24) is 10.6 Å². The minimum Gasteiger partial charge on any atom is -0.504 e. The van der Waals surface area contributed by atoms with E-state index in [1.54, 1.807) is 26.4 Å². The number of carbonyl (C=O) groups is 2. The molecule has 2 aromatic heterocycles. The standard InChI is InChI=1S/C16H19NO3S.C14H15NO3S/c1-10(2)17-16(18)15-8-7-14(21-15)11-5-6-12(19-3)13(9-11)20-4;1-8(2)15-14(18)13-6-5-12(19-13)9-3-4-10(16)11(17)7-9/h5-10H,1-4H3,(H,17,18);3-8,16-17H,1-2H3,(H,15,18). The van der Waals surface area contributed by atoms with Gasteiger partial charge in [0.1, 0.15) is 0 Å². The Kier molecular flexibility index (Phi) is 10.6. The van der Waals surface area contributed by atoms with Crippen LogP contribution in [0.1, 0.15) is 47.0 Å². The normalized spacial score (nSPS) is 10.6. The van der Waals surface area contributed by atoms with Crippen molar-refractivity contribution in [3.63, 3.8) is 0 Å². The van der Waals surface area contributed by atoms with Gasteiger partial charge in [0.25, 0.3) is 11.8 Å². The predicted octanol–water partition coefficient (Wildman–Crippen LogP) is 6.54. The van der Waals surface area contributed by atoms with Crippen molar-refractivity contribution in [3.05, 3.63) is 70.4 Å². The number of ether oxygens (including phenoxy) is 2. The van der Waals surface area contributed by atoms with Crippen LogP contribution in [0.3, 0.4) is 0 Å². The number of phenolic OH excluding ortho intramolecular Hbond substituents is 2. The lowest BCUT2D eigenvalue weighted by Gasteiger charge is -2.08. The third-order valence-corrected chi connectivity index (χ3v) is 7.69. The topological polar surface area (TPSA) is 117 Å². The summed E-state index contributed by atoms with van der Waals surface area (Å²) in [5.74, 6) is 0.903. The van der Waals surface area contributed by atoms with Crippen LogP contribution in [-0.2, 0) is 0 Å². The molecule has 212 valence electrons. The molecule has 0 saturated carbocycles. The van der Waals surface area contributed by atoms with Gasteiger partial charge in [-0.1, -0.05) is 0 Å². The van der Waals surface area contributed by atoms with E-state index in [1.807, 2.05) is 64.1 Å². The van der Waals surface area contributed by atoms with E-state index >= 15 is 0 Å². The van der Waals surface area contributed by atoms with E-state index in [4.69, 9.17) is 9.47 Å². The first kappa shape index (κ1) is 30.5. The number of nitrogens with one attached hydrogen (secondary N) is 2. The van der Waals surface area contributed by atoms with E-state index in [-0.39, 0.29) is 35.4 Å². The Hall–Kier alpha value is -4.02. The summed E-state index contributed by atoms with van der Waals surface area (Å²) in [5.41, 5.74) is 1.77. The lowest BCUT2D eigenvalue weighted by atomic mass is 10.1. The minimum atomic E-state index is -0.168. The molecule has 0 fully saturated rings. The molecule has 0 aliphatic carbocycles. The molecule has 8 nitrogen and oxygen atoms in total. The summed E-state index contributed by atoms with van der Waals surface area (Å²) in [6.07, 6.45) is 0. The van der Waals surface area contributed by atoms with E-state index < -0.39 is 0 Å². The highest BCUT2D eigenvalue weighted by Crippen LogP contribution is 2.36. The maximum absolute atomic E-state index is 12.0. The van der Waals surface area contributed by atoms with Crippen molar-refractivity contribution in [1.29, 1.82) is 0 Å². The van der Waals surface area contributed by atoms with Crippen molar-refractivity contribution in [3.8, 4) is 43.9 Å². The van der Waals surface area contributed by atoms with Gasteiger partial charge in [0.05, 0.1) is 24.0 Å². The molecule has 4 rings (SSSR count). The maximum atomic E-state index is 12.0. The fraction of sp³-hybridized carbons (Fsp3) is 0.267. The van der Waals surface area contributed by atoms with Crippen LogP contribution in [0, 0.1) is 0 Å². The SMILES string of the molecule is CC(C)NC(=O)c1ccc(-c2ccc(O)c(O)c2)s1.COc1ccc(-c2ccc(C(=O)NC(C)C)s2)cc1OC. The highest BCUT2D eigenvalue weighted by molar-refractivity contribution is 7.17. The average molecular weight is 583 g/mol. The smallest absolute Gasteiger partial charge is 0.261 e. The number of rotatable bonds is 8. The van der Waals surface area contributed by atoms with Gasteiger partial charge >= 0.3 is 0 Å². The summed E-state index contributed by atoms with van der Waals surface area (Å²) in [5, 5.41) is 24.5. The average Bonchev–Trinajstić information content (AvgIpc) is 3.60. The van der Waals surface area contributed by atoms with Gasteiger partial charge < -0.3 is 30.3 Å². The van der Waals surface area contributed by atoms with Crippen molar-refractivity contribution < 1.29 is 29.3 Å². The van der Waals surface area contributed by atoms with Gasteiger partial charge in [0, 0.05) is 21.8 Å². The first-order valence-electron chi connectivity index (χ1n) is 12.6. The lowest BCUT2D eigenvalue weighted by Crippen LogP contribution is -2.29. The molecule has 0 aliphatic rings. The number of amides is 2. The number of carbonyl (C=O) groups excluding carboxylic acids is 2. The molecule has 0 radical (unpaired) electrons. The van der Waals surface area contributed by atoms with E-state index in [0.29, 0.717) is 21.3 Å². The molecule has 0 aliphatic heterocycles. The molecule has 4 N–H and O–H groups in total. The van der Waals surface area contributed by atoms with Crippen LogP contribution >= 0.6 is 22.7 Å². The number of thiophene rings is 2. The second-order valence-electron chi connectivity index (χ2n) is 9.36. The van der Waals surface area contributed by atoms with Gasteiger partial charge in [-0.2, -0.15) is 0 Å². The number of methoxy groups -OCH3 is 2. The Morgan fingerprint density at radius 2 is 1.12 bits per heavy atom. The molecule has 0 atom stereocenters. The third-order valence-electron chi connectivity index (χ3n) is 5.43. The molecule has 4 aromatic rings. The molecule has 0 spiro atoms. The van der Waals surface area contributed by atoms with Crippen molar-refractivity contribution in [2.24, 2.45) is 0 Å². The van der Waals surface area contributed by atoms with Crippen molar-refractivity contribution in [2.45, 2.75) is 39.8 Å². The Morgan fingerprint density at radius 1 is 0.650 bits per heavy atom. The monoisotopic (exact) mass is 582 g/mol. The Morgan fingerprint density at radius 3 is 1.57 bits per heavy atom. The second kappa shape index (κ2) is 13.9. The van der Waals surface area contributed by atoms with Gasteiger partial charge in [-0.3, -0.25) is 9.59 Å². The fourth-order valence-electron chi connectivity index (χ4n) is 3.56. The van der Waals surface area contributed by atoms with E-state index in [1.165, 1.54) is 34.8 Å². The molecular weight excluding hydrogens is 548 g/mol. The molecular formula is C30H34N2O6S2. The number of aromatic hydroxyl groups is 2. The van der Waals surface area contributed by atoms with Crippen LogP contribution in [0.25, 0.3) is 20.9 Å². The second-order valence-corrected chi connectivity index (χ2v) is 11.5. The number of phenols is 2. The predicted molar refractivity (Wildman–Crippen MR) is 161 cm³/mol. The van der Waals surface area contributed by atoms with Crippen LogP contribution in [0.2, 0.25) is 0 Å². The summed E-state index contributed by atoms with van der Waals surface area (Å²) in [6, 6.07) is 17.9. The van der Waals surface area contributed by atoms with Crippen LogP contribution in [0.15, 0.2) is 60.7 Å². The Labute approximate surface area is 242 Å². The highest BCUT2D eigenvalue weighted by atomic mass is 32.1. The summed E-state index contributed by atoms with van der Waals surface area (Å²) < 4.78 is 10.5. The molecule has 2 amide bonds. The maximum Gasteiger partial charge on any atom is 0.261 e. The first-order valence-corrected chi connectivity index (χ1v) is 14.2. The molecule has 0 saturated heterocycles. The van der Waals surface area contributed by atoms with Crippen LogP contribution in [-0.4, -0.2) is 48.3 Å². The zero-order chi connectivity index (χ0) is 29.4. The highest BCUT2D eigenvalue weighted by Gasteiger charge is 2.14. The van der Waals surface area contributed by atoms with Gasteiger partial charge in [0.15, 0.2) is 23.0 Å². The Bertz CT molecular complexity index is 1460. The van der Waals surface area contributed by atoms with Crippen LogP contribution in [0.4, 0.5) is 0 Å². The zero-order valence-electron chi connectivity index (χ0n) is 23.3. The van der Waals surface area contributed by atoms with Crippen molar-refractivity contribution >= 4 is 34.5 Å². The molecule has 2 aromatic carbocycles. The lowest BCUT2D eigenvalue weighted by molar-refractivity contribution is 0.0938. The first-order chi connectivity index (χ1) is 19.0. The summed E-state index contributed by atoms with van der Waals surface area (Å²) in [6.45, 7) is 7.70. The van der Waals surface area contributed by atoms with Gasteiger partial charge in [0.2, 0.25) is 0 Å². The molecule has 10 heteroatoms. The number of benzene rings is 2. The summed E-state index contributed by atoms with van der Waals surface area (Å²) >= 11 is 2.81. The molecule has 0 unspecified atom stereocenters. The van der Waals surface area contributed by atoms with Crippen molar-refractivity contribution in [2.75, 3.05) is 14.2 Å². The van der Waals surface area contributed by atoms with E-state index in [9.17, 15) is 19.8 Å². The van der Waals surface area contributed by atoms with Crippen LogP contribution < -0.4 is 20.1 Å². The number of hydrogen-bond acceptors (Lipinski definition) is 8.